The standard InChI is InChI=1S/C17H23N3O4/c1-12(13-6-4-3-5-7-13)19-15(21)11-20-9-8-18-17(23)14(20)10-16(22)24-2/h3-7,12,14H,8-11H2,1-2H3,(H,18,23)(H,19,21)/p+1/t12-,14-/m0/s1. The fraction of sp³-hybridized carbons (Fsp3) is 0.471. The normalized spacial score (nSPS) is 21.5. The summed E-state index contributed by atoms with van der Waals surface area (Å²) in [7, 11) is 1.29. The molecule has 1 aromatic rings. The number of nitrogens with one attached hydrogen (secondary N) is 3. The van der Waals surface area contributed by atoms with Crippen LogP contribution in [0.2, 0.25) is 0 Å². The zero-order chi connectivity index (χ0) is 17.5. The number of methoxy groups -OCH3 is 1. The van der Waals surface area contributed by atoms with Crippen LogP contribution in [0, 0.1) is 0 Å². The third-order valence-electron chi connectivity index (χ3n) is 4.22. The Labute approximate surface area is 141 Å². The number of carbonyl (C=O) groups excluding carboxylic acids is 3. The number of ether oxygens (including phenoxy) is 1. The van der Waals surface area contributed by atoms with Crippen LogP contribution in [0.3, 0.4) is 0 Å². The Bertz CT molecular complexity index is 591. The molecule has 0 saturated carbocycles. The van der Waals surface area contributed by atoms with Gasteiger partial charge in [0.2, 0.25) is 0 Å². The van der Waals surface area contributed by atoms with Crippen molar-refractivity contribution in [2.45, 2.75) is 25.4 Å². The van der Waals surface area contributed by atoms with E-state index in [-0.39, 0.29) is 30.8 Å². The van der Waals surface area contributed by atoms with Gasteiger partial charge in [-0.05, 0) is 12.5 Å². The maximum atomic E-state index is 12.3. The van der Waals surface area contributed by atoms with Gasteiger partial charge in [-0.3, -0.25) is 14.4 Å². The average Bonchev–Trinajstić information content (AvgIpc) is 2.58. The summed E-state index contributed by atoms with van der Waals surface area (Å²) in [6.07, 6.45) is -0.0286. The second-order valence-corrected chi connectivity index (χ2v) is 5.91. The van der Waals surface area contributed by atoms with Gasteiger partial charge in [0, 0.05) is 0 Å². The second kappa shape index (κ2) is 8.44. The van der Waals surface area contributed by atoms with Crippen LogP contribution in [-0.2, 0) is 19.1 Å². The zero-order valence-corrected chi connectivity index (χ0v) is 14.0. The highest BCUT2D eigenvalue weighted by Crippen LogP contribution is 2.10. The van der Waals surface area contributed by atoms with Gasteiger partial charge in [-0.25, -0.2) is 0 Å². The van der Waals surface area contributed by atoms with Crippen LogP contribution >= 0.6 is 0 Å². The van der Waals surface area contributed by atoms with Gasteiger partial charge in [-0.15, -0.1) is 0 Å². The van der Waals surface area contributed by atoms with Crippen molar-refractivity contribution >= 4 is 17.8 Å². The predicted molar refractivity (Wildman–Crippen MR) is 87.1 cm³/mol. The quantitative estimate of drug-likeness (QED) is 0.571. The lowest BCUT2D eigenvalue weighted by Gasteiger charge is -2.31. The Morgan fingerprint density at radius 2 is 2.08 bits per heavy atom. The van der Waals surface area contributed by atoms with Gasteiger partial charge in [0.15, 0.2) is 12.6 Å². The average molecular weight is 334 g/mol. The number of amides is 2. The van der Waals surface area contributed by atoms with Crippen molar-refractivity contribution in [2.24, 2.45) is 0 Å². The molecule has 7 heteroatoms. The molecule has 7 nitrogen and oxygen atoms in total. The van der Waals surface area contributed by atoms with Gasteiger partial charge in [0.1, 0.15) is 6.42 Å². The molecular weight excluding hydrogens is 310 g/mol. The van der Waals surface area contributed by atoms with Gasteiger partial charge in [0.25, 0.3) is 11.8 Å². The first kappa shape index (κ1) is 17.9. The van der Waals surface area contributed by atoms with Crippen LogP contribution in [0.25, 0.3) is 0 Å². The molecule has 24 heavy (non-hydrogen) atoms. The van der Waals surface area contributed by atoms with Crippen LogP contribution < -0.4 is 15.5 Å². The van der Waals surface area contributed by atoms with Crippen LogP contribution in [0.15, 0.2) is 30.3 Å². The minimum Gasteiger partial charge on any atom is -0.469 e. The SMILES string of the molecule is COC(=O)C[C@H]1C(=O)NCC[NH+]1CC(=O)N[C@@H](C)c1ccccc1. The van der Waals surface area contributed by atoms with Crippen LogP contribution in [0.4, 0.5) is 0 Å². The number of piperazine rings is 1. The molecule has 1 aliphatic rings. The fourth-order valence-electron chi connectivity index (χ4n) is 2.85. The minimum atomic E-state index is -0.594. The predicted octanol–water partition coefficient (Wildman–Crippen LogP) is -1.19. The van der Waals surface area contributed by atoms with E-state index in [2.05, 4.69) is 15.4 Å². The van der Waals surface area contributed by atoms with E-state index in [1.807, 2.05) is 37.3 Å². The molecule has 1 heterocycles. The highest BCUT2D eigenvalue weighted by molar-refractivity contribution is 5.86. The van der Waals surface area contributed by atoms with E-state index < -0.39 is 12.0 Å². The number of hydrogen-bond acceptors (Lipinski definition) is 4. The molecule has 0 bridgehead atoms. The molecule has 1 unspecified atom stereocenters. The van der Waals surface area contributed by atoms with Crippen molar-refractivity contribution in [1.82, 2.24) is 10.6 Å². The lowest BCUT2D eigenvalue weighted by Crippen LogP contribution is -3.20. The van der Waals surface area contributed by atoms with Crippen molar-refractivity contribution in [2.75, 3.05) is 26.7 Å². The number of rotatable bonds is 6. The van der Waals surface area contributed by atoms with Gasteiger partial charge in [-0.1, -0.05) is 30.3 Å². The van der Waals surface area contributed by atoms with Crippen molar-refractivity contribution in [1.29, 1.82) is 0 Å². The maximum absolute atomic E-state index is 12.3. The van der Waals surface area contributed by atoms with Crippen LogP contribution in [-0.4, -0.2) is 50.6 Å². The molecule has 0 spiro atoms. The molecule has 3 atom stereocenters. The number of benzene rings is 1. The van der Waals surface area contributed by atoms with Gasteiger partial charge in [-0.2, -0.15) is 0 Å². The van der Waals surface area contributed by atoms with Crippen molar-refractivity contribution in [3.05, 3.63) is 35.9 Å². The molecule has 130 valence electrons. The minimum absolute atomic E-state index is 0.0286. The van der Waals surface area contributed by atoms with E-state index in [1.165, 1.54) is 7.11 Å². The van der Waals surface area contributed by atoms with E-state index in [0.717, 1.165) is 10.5 Å². The van der Waals surface area contributed by atoms with E-state index in [0.29, 0.717) is 13.1 Å². The summed E-state index contributed by atoms with van der Waals surface area (Å²) in [6, 6.07) is 8.96. The Morgan fingerprint density at radius 1 is 1.38 bits per heavy atom. The Hall–Kier alpha value is -2.41. The highest BCUT2D eigenvalue weighted by Gasteiger charge is 2.36. The summed E-state index contributed by atoms with van der Waals surface area (Å²) in [5.74, 6) is -0.816. The Kier molecular flexibility index (Phi) is 6.31. The summed E-state index contributed by atoms with van der Waals surface area (Å²) >= 11 is 0. The molecule has 2 amide bonds. The number of esters is 1. The summed E-state index contributed by atoms with van der Waals surface area (Å²) < 4.78 is 4.64. The Balaban J connectivity index is 1.95. The molecule has 3 N–H and O–H groups in total. The lowest BCUT2D eigenvalue weighted by atomic mass is 10.1. The van der Waals surface area contributed by atoms with Crippen LogP contribution in [0.1, 0.15) is 24.9 Å². The molecule has 2 rings (SSSR count). The first-order chi connectivity index (χ1) is 11.5. The number of quaternary nitrogens is 1. The van der Waals surface area contributed by atoms with E-state index in [9.17, 15) is 14.4 Å². The topological polar surface area (TPSA) is 88.9 Å². The second-order valence-electron chi connectivity index (χ2n) is 5.91. The summed E-state index contributed by atoms with van der Waals surface area (Å²) in [5, 5.41) is 5.67. The number of hydrogen-bond donors (Lipinski definition) is 3. The summed E-state index contributed by atoms with van der Waals surface area (Å²) in [5.41, 5.74) is 1.02. The molecule has 1 saturated heterocycles. The summed E-state index contributed by atoms with van der Waals surface area (Å²) in [6.45, 7) is 3.15. The van der Waals surface area contributed by atoms with Gasteiger partial charge < -0.3 is 20.3 Å². The molecule has 0 radical (unpaired) electrons. The van der Waals surface area contributed by atoms with Crippen molar-refractivity contribution < 1.29 is 24.0 Å². The molecule has 1 fully saturated rings. The smallest absolute Gasteiger partial charge is 0.312 e. The van der Waals surface area contributed by atoms with Gasteiger partial charge in [0.05, 0.1) is 26.2 Å². The first-order valence-corrected chi connectivity index (χ1v) is 8.04. The van der Waals surface area contributed by atoms with E-state index in [4.69, 9.17) is 0 Å². The highest BCUT2D eigenvalue weighted by atomic mass is 16.5. The third-order valence-corrected chi connectivity index (χ3v) is 4.22. The summed E-state index contributed by atoms with van der Waals surface area (Å²) in [4.78, 5) is 36.6. The molecule has 1 aromatic carbocycles. The van der Waals surface area contributed by atoms with Gasteiger partial charge >= 0.3 is 5.97 Å². The van der Waals surface area contributed by atoms with E-state index in [1.54, 1.807) is 0 Å². The van der Waals surface area contributed by atoms with Crippen LogP contribution in [0.5, 0.6) is 0 Å². The third kappa shape index (κ3) is 4.79. The monoisotopic (exact) mass is 334 g/mol. The molecule has 0 aromatic heterocycles. The largest absolute Gasteiger partial charge is 0.469 e. The molecule has 1 aliphatic heterocycles. The molecule has 0 aliphatic carbocycles. The zero-order valence-electron chi connectivity index (χ0n) is 14.0. The lowest BCUT2D eigenvalue weighted by molar-refractivity contribution is -0.909. The Morgan fingerprint density at radius 3 is 2.75 bits per heavy atom. The molecular formula is C17H24N3O4+. The van der Waals surface area contributed by atoms with Crippen molar-refractivity contribution in [3.63, 3.8) is 0 Å². The fourth-order valence-corrected chi connectivity index (χ4v) is 2.85. The maximum Gasteiger partial charge on any atom is 0.312 e. The van der Waals surface area contributed by atoms with E-state index >= 15 is 0 Å². The van der Waals surface area contributed by atoms with Crippen molar-refractivity contribution in [3.8, 4) is 0 Å². The number of carbonyl (C=O) groups is 3. The first-order valence-electron chi connectivity index (χ1n) is 8.04.